The molecule has 1 N–H and O–H groups in total. The summed E-state index contributed by atoms with van der Waals surface area (Å²) in [5.41, 5.74) is 0.753. The molecule has 0 heterocycles. The van der Waals surface area contributed by atoms with E-state index in [9.17, 15) is 14.9 Å². The number of nitro groups is 1. The Hall–Kier alpha value is -2.66. The molecule has 0 aliphatic rings. The van der Waals surface area contributed by atoms with E-state index >= 15 is 0 Å². The maximum atomic E-state index is 11.9. The zero-order chi connectivity index (χ0) is 15.2. The first-order valence-electron chi connectivity index (χ1n) is 6.04. The van der Waals surface area contributed by atoms with Crippen molar-refractivity contribution < 1.29 is 9.72 Å². The van der Waals surface area contributed by atoms with Gasteiger partial charge in [-0.25, -0.2) is 0 Å². The van der Waals surface area contributed by atoms with Crippen LogP contribution in [0.2, 0.25) is 5.02 Å². The molecule has 21 heavy (non-hydrogen) atoms. The molecule has 6 heteroatoms. The van der Waals surface area contributed by atoms with Crippen LogP contribution in [0.3, 0.4) is 0 Å². The van der Waals surface area contributed by atoms with Gasteiger partial charge >= 0.3 is 0 Å². The molecule has 106 valence electrons. The Kier molecular flexibility index (Phi) is 4.68. The Labute approximate surface area is 126 Å². The highest BCUT2D eigenvalue weighted by atomic mass is 35.5. The van der Waals surface area contributed by atoms with Gasteiger partial charge in [-0.05, 0) is 30.3 Å². The molecule has 0 atom stereocenters. The number of allylic oxidation sites excluding steroid dienone is 1. The summed E-state index contributed by atoms with van der Waals surface area (Å²) in [7, 11) is 0. The van der Waals surface area contributed by atoms with E-state index in [4.69, 9.17) is 11.6 Å². The van der Waals surface area contributed by atoms with Crippen LogP contribution in [0.4, 0.5) is 11.4 Å². The lowest BCUT2D eigenvalue weighted by Crippen LogP contribution is -1.98. The maximum Gasteiger partial charge on any atom is 0.292 e. The molecule has 0 aliphatic carbocycles. The Morgan fingerprint density at radius 2 is 1.81 bits per heavy atom. The lowest BCUT2D eigenvalue weighted by molar-refractivity contribution is -0.383. The van der Waals surface area contributed by atoms with E-state index in [1.54, 1.807) is 42.5 Å². The number of nitro benzene ring substituents is 1. The van der Waals surface area contributed by atoms with Gasteiger partial charge in [0.25, 0.3) is 5.69 Å². The molecule has 2 aromatic carbocycles. The number of nitrogens with one attached hydrogen (secondary N) is 1. The van der Waals surface area contributed by atoms with Crippen molar-refractivity contribution in [3.05, 3.63) is 81.5 Å². The summed E-state index contributed by atoms with van der Waals surface area (Å²) >= 11 is 5.74. The zero-order valence-corrected chi connectivity index (χ0v) is 11.6. The number of carbonyl (C=O) groups is 1. The first-order valence-corrected chi connectivity index (χ1v) is 6.42. The fraction of sp³-hybridized carbons (Fsp3) is 0. The summed E-state index contributed by atoms with van der Waals surface area (Å²) in [6.45, 7) is 0. The zero-order valence-electron chi connectivity index (χ0n) is 10.8. The van der Waals surface area contributed by atoms with Gasteiger partial charge in [-0.3, -0.25) is 14.9 Å². The molecule has 0 aliphatic heterocycles. The van der Waals surface area contributed by atoms with Gasteiger partial charge in [0.15, 0.2) is 5.78 Å². The van der Waals surface area contributed by atoms with Crippen LogP contribution >= 0.6 is 11.6 Å². The van der Waals surface area contributed by atoms with E-state index in [2.05, 4.69) is 5.32 Å². The molecule has 5 nitrogen and oxygen atoms in total. The third-order valence-electron chi connectivity index (χ3n) is 2.70. The Morgan fingerprint density at radius 1 is 1.14 bits per heavy atom. The van der Waals surface area contributed by atoms with Gasteiger partial charge in [-0.15, -0.1) is 0 Å². The second-order valence-corrected chi connectivity index (χ2v) is 4.56. The van der Waals surface area contributed by atoms with Crippen molar-refractivity contribution >= 4 is 28.8 Å². The van der Waals surface area contributed by atoms with E-state index in [0.717, 1.165) is 0 Å². The molecule has 0 unspecified atom stereocenters. The topological polar surface area (TPSA) is 72.2 Å². The monoisotopic (exact) mass is 302 g/mol. The van der Waals surface area contributed by atoms with Crippen molar-refractivity contribution in [1.29, 1.82) is 0 Å². The maximum absolute atomic E-state index is 11.9. The number of benzene rings is 2. The van der Waals surface area contributed by atoms with Crippen molar-refractivity contribution in [3.63, 3.8) is 0 Å². The van der Waals surface area contributed by atoms with Crippen LogP contribution in [0.5, 0.6) is 0 Å². The molecule has 0 fully saturated rings. The van der Waals surface area contributed by atoms with Gasteiger partial charge in [0.05, 0.1) is 4.92 Å². The van der Waals surface area contributed by atoms with Crippen LogP contribution in [0.25, 0.3) is 0 Å². The average molecular weight is 303 g/mol. The summed E-state index contributed by atoms with van der Waals surface area (Å²) < 4.78 is 0. The molecule has 0 aromatic heterocycles. The summed E-state index contributed by atoms with van der Waals surface area (Å²) in [5.74, 6) is -0.224. The van der Waals surface area contributed by atoms with Crippen LogP contribution < -0.4 is 5.32 Å². The third kappa shape index (κ3) is 3.90. The largest absolute Gasteiger partial charge is 0.356 e. The number of hydrogen-bond acceptors (Lipinski definition) is 4. The molecular weight excluding hydrogens is 292 g/mol. The van der Waals surface area contributed by atoms with Gasteiger partial charge in [0, 0.05) is 28.9 Å². The van der Waals surface area contributed by atoms with E-state index < -0.39 is 4.92 Å². The Bertz CT molecular complexity index is 696. The Balaban J connectivity index is 2.07. The quantitative estimate of drug-likeness (QED) is 0.391. The van der Waals surface area contributed by atoms with Crippen molar-refractivity contribution in [2.75, 3.05) is 5.32 Å². The predicted molar refractivity (Wildman–Crippen MR) is 81.6 cm³/mol. The molecule has 0 spiro atoms. The molecule has 2 aromatic rings. The lowest BCUT2D eigenvalue weighted by Gasteiger charge is -2.01. The number of anilines is 1. The highest BCUT2D eigenvalue weighted by Gasteiger charge is 2.10. The van der Waals surface area contributed by atoms with E-state index in [0.29, 0.717) is 16.3 Å². The third-order valence-corrected chi connectivity index (χ3v) is 2.96. The van der Waals surface area contributed by atoms with Crippen LogP contribution in [-0.2, 0) is 0 Å². The first-order chi connectivity index (χ1) is 10.1. The number of para-hydroxylation sites is 2. The van der Waals surface area contributed by atoms with Crippen molar-refractivity contribution in [2.24, 2.45) is 0 Å². The SMILES string of the molecule is O=C(C=CNc1ccccc1[N+](=O)[O-])c1ccc(Cl)cc1. The average Bonchev–Trinajstić information content (AvgIpc) is 2.48. The molecule has 0 saturated heterocycles. The van der Waals surface area contributed by atoms with Crippen LogP contribution in [0.1, 0.15) is 10.4 Å². The minimum atomic E-state index is -0.489. The second-order valence-electron chi connectivity index (χ2n) is 4.12. The lowest BCUT2D eigenvalue weighted by atomic mass is 10.1. The summed E-state index contributed by atoms with van der Waals surface area (Å²) in [4.78, 5) is 22.2. The summed E-state index contributed by atoms with van der Waals surface area (Å²) in [6, 6.07) is 12.7. The van der Waals surface area contributed by atoms with Crippen molar-refractivity contribution in [1.82, 2.24) is 0 Å². The van der Waals surface area contributed by atoms with Crippen molar-refractivity contribution in [2.45, 2.75) is 0 Å². The highest BCUT2D eigenvalue weighted by molar-refractivity contribution is 6.30. The molecule has 0 saturated carbocycles. The van der Waals surface area contributed by atoms with Crippen LogP contribution in [0.15, 0.2) is 60.8 Å². The van der Waals surface area contributed by atoms with Gasteiger partial charge in [-0.1, -0.05) is 23.7 Å². The fourth-order valence-corrected chi connectivity index (χ4v) is 1.80. The first kappa shape index (κ1) is 14.7. The number of hydrogen-bond donors (Lipinski definition) is 1. The molecule has 2 rings (SSSR count). The summed E-state index contributed by atoms with van der Waals surface area (Å²) in [5, 5.41) is 14.1. The predicted octanol–water partition coefficient (Wildman–Crippen LogP) is 4.06. The van der Waals surface area contributed by atoms with Gasteiger partial charge < -0.3 is 5.32 Å². The second kappa shape index (κ2) is 6.67. The van der Waals surface area contributed by atoms with Crippen molar-refractivity contribution in [3.8, 4) is 0 Å². The standard InChI is InChI=1S/C15H11ClN2O3/c16-12-7-5-11(6-8-12)15(19)9-10-17-13-3-1-2-4-14(13)18(20)21/h1-10,17H. The van der Waals surface area contributed by atoms with Gasteiger partial charge in [0.1, 0.15) is 5.69 Å². The minimum absolute atomic E-state index is 0.0545. The number of rotatable bonds is 5. The van der Waals surface area contributed by atoms with Gasteiger partial charge in [0.2, 0.25) is 0 Å². The molecule has 0 amide bonds. The number of carbonyl (C=O) groups excluding carboxylic acids is 1. The summed E-state index contributed by atoms with van der Waals surface area (Å²) in [6.07, 6.45) is 2.68. The smallest absolute Gasteiger partial charge is 0.292 e. The van der Waals surface area contributed by atoms with E-state index in [1.165, 1.54) is 18.3 Å². The van der Waals surface area contributed by atoms with E-state index in [-0.39, 0.29) is 11.5 Å². The Morgan fingerprint density at radius 3 is 2.48 bits per heavy atom. The normalized spacial score (nSPS) is 10.5. The minimum Gasteiger partial charge on any atom is -0.356 e. The number of halogens is 1. The molecule has 0 radical (unpaired) electrons. The molecule has 0 bridgehead atoms. The van der Waals surface area contributed by atoms with E-state index in [1.807, 2.05) is 0 Å². The number of ketones is 1. The van der Waals surface area contributed by atoms with Crippen LogP contribution in [0, 0.1) is 10.1 Å². The van der Waals surface area contributed by atoms with Gasteiger partial charge in [-0.2, -0.15) is 0 Å². The number of nitrogens with zero attached hydrogens (tertiary/aromatic N) is 1. The van der Waals surface area contributed by atoms with Crippen LogP contribution in [-0.4, -0.2) is 10.7 Å². The molecular formula is C15H11ClN2O3. The highest BCUT2D eigenvalue weighted by Crippen LogP contribution is 2.23. The fourth-order valence-electron chi connectivity index (χ4n) is 1.67.